The Kier molecular flexibility index (Phi) is 16.6. The van der Waals surface area contributed by atoms with E-state index in [1.807, 2.05) is 20.8 Å². The first-order chi connectivity index (χ1) is 6.72. The second-order valence-electron chi connectivity index (χ2n) is 4.14. The van der Waals surface area contributed by atoms with Gasteiger partial charge in [0.15, 0.2) is 0 Å². The zero-order chi connectivity index (χ0) is 12.1. The smallest absolute Gasteiger partial charge is 0.652 e. The summed E-state index contributed by atoms with van der Waals surface area (Å²) >= 11 is 0. The molecule has 1 N–H and O–H groups in total. The summed E-state index contributed by atoms with van der Waals surface area (Å²) in [6, 6.07) is 0. The maximum absolute atomic E-state index is 11.2. The molecule has 0 spiro atoms. The average molecular weight is 295 g/mol. The minimum absolute atomic E-state index is 0. The minimum Gasteiger partial charge on any atom is -0.652 e. The number of carbonyl (C=O) groups is 2. The number of rotatable bonds is 1. The Hall–Kier alpha value is 1.97. The molecule has 1 aliphatic rings. The van der Waals surface area contributed by atoms with E-state index in [1.54, 1.807) is 0 Å². The van der Waals surface area contributed by atoms with E-state index < -0.39 is 6.16 Å². The van der Waals surface area contributed by atoms with Crippen molar-refractivity contribution in [2.75, 3.05) is 13.1 Å². The van der Waals surface area contributed by atoms with Crippen molar-refractivity contribution in [3.63, 3.8) is 0 Å². The Morgan fingerprint density at radius 3 is 1.71 bits per heavy atom. The van der Waals surface area contributed by atoms with Gasteiger partial charge in [-0.05, 0) is 26.9 Å². The van der Waals surface area contributed by atoms with Crippen LogP contribution in [0.3, 0.4) is 0 Å². The van der Waals surface area contributed by atoms with Crippen molar-refractivity contribution in [2.45, 2.75) is 26.4 Å². The number of carbonyl (C=O) groups excluding carboxylic acids is 2. The SMILES string of the molecule is CC(C)(C)OC(=O)C1CNC1.O=C([O-])[O-].[K+].[K+]. The van der Waals surface area contributed by atoms with E-state index in [0.717, 1.165) is 13.1 Å². The fraction of sp³-hybridized carbons (Fsp3) is 0.778. The number of nitrogens with one attached hydrogen (secondary N) is 1. The van der Waals surface area contributed by atoms with Crippen molar-refractivity contribution in [2.24, 2.45) is 5.92 Å². The van der Waals surface area contributed by atoms with Gasteiger partial charge in [-0.25, -0.2) is 0 Å². The number of ether oxygens (including phenoxy) is 1. The van der Waals surface area contributed by atoms with Crippen molar-refractivity contribution in [3.8, 4) is 0 Å². The molecule has 6 nitrogen and oxygen atoms in total. The normalized spacial score (nSPS) is 13.8. The van der Waals surface area contributed by atoms with Crippen molar-refractivity contribution < 1.29 is 127 Å². The molecular formula is C9H15K2NO5. The Balaban J connectivity index is -0.000000289. The molecule has 0 atom stereocenters. The molecular weight excluding hydrogens is 280 g/mol. The van der Waals surface area contributed by atoms with Gasteiger partial charge in [-0.15, -0.1) is 0 Å². The largest absolute Gasteiger partial charge is 1.00 e. The summed E-state index contributed by atoms with van der Waals surface area (Å²) in [5, 5.41) is 19.7. The molecule has 0 aromatic rings. The number of carboxylic acid groups (broad SMARTS) is 2. The van der Waals surface area contributed by atoms with Crippen LogP contribution in [0.15, 0.2) is 0 Å². The molecule has 8 heteroatoms. The summed E-state index contributed by atoms with van der Waals surface area (Å²) in [5.41, 5.74) is -0.341. The average Bonchev–Trinajstić information content (AvgIpc) is 1.73. The summed E-state index contributed by atoms with van der Waals surface area (Å²) in [6.07, 6.45) is -2.33. The molecule has 1 aliphatic heterocycles. The fourth-order valence-corrected chi connectivity index (χ4v) is 0.840. The van der Waals surface area contributed by atoms with E-state index in [2.05, 4.69) is 5.32 Å². The number of esters is 1. The molecule has 0 aromatic heterocycles. The van der Waals surface area contributed by atoms with Gasteiger partial charge in [-0.3, -0.25) is 4.79 Å². The topological polar surface area (TPSA) is 102 Å². The quantitative estimate of drug-likeness (QED) is 0.381. The van der Waals surface area contributed by atoms with Gasteiger partial charge < -0.3 is 25.1 Å². The zero-order valence-corrected chi connectivity index (χ0v) is 17.3. The molecule has 0 aromatic carbocycles. The van der Waals surface area contributed by atoms with Crippen molar-refractivity contribution in [1.82, 2.24) is 5.32 Å². The standard InChI is InChI=1S/C8H15NO2.CH2O3.2K/c1-8(2,3)11-7(10)6-4-9-5-6;2-1(3)4;;/h6,9H,4-5H2,1-3H3;(H2,2,3,4);;/q;;2*+1/p-2. The first kappa shape index (κ1) is 24.0. The Morgan fingerprint density at radius 1 is 1.18 bits per heavy atom. The van der Waals surface area contributed by atoms with Gasteiger partial charge >= 0.3 is 109 Å². The molecule has 1 heterocycles. The van der Waals surface area contributed by atoms with Gasteiger partial charge in [0, 0.05) is 13.1 Å². The van der Waals surface area contributed by atoms with Crippen LogP contribution in [0.2, 0.25) is 0 Å². The van der Waals surface area contributed by atoms with Gasteiger partial charge in [0.1, 0.15) is 5.60 Å². The van der Waals surface area contributed by atoms with Gasteiger partial charge in [0.2, 0.25) is 0 Å². The van der Waals surface area contributed by atoms with Crippen LogP contribution < -0.4 is 118 Å². The minimum atomic E-state index is -2.33. The second-order valence-corrected chi connectivity index (χ2v) is 4.14. The third-order valence-electron chi connectivity index (χ3n) is 1.52. The van der Waals surface area contributed by atoms with Crippen LogP contribution in [0.1, 0.15) is 20.8 Å². The van der Waals surface area contributed by atoms with Crippen LogP contribution in [0.5, 0.6) is 0 Å². The summed E-state index contributed by atoms with van der Waals surface area (Å²) in [5.74, 6) is 0.0190. The van der Waals surface area contributed by atoms with Crippen LogP contribution in [-0.4, -0.2) is 30.8 Å². The van der Waals surface area contributed by atoms with Crippen molar-refractivity contribution >= 4 is 12.1 Å². The number of hydrogen-bond donors (Lipinski definition) is 1. The maximum Gasteiger partial charge on any atom is 1.00 e. The van der Waals surface area contributed by atoms with Gasteiger partial charge in [-0.1, -0.05) is 0 Å². The molecule has 0 amide bonds. The molecule has 88 valence electrons. The molecule has 17 heavy (non-hydrogen) atoms. The molecule has 0 saturated carbocycles. The van der Waals surface area contributed by atoms with Gasteiger partial charge in [0.25, 0.3) is 0 Å². The van der Waals surface area contributed by atoms with Gasteiger partial charge in [-0.2, -0.15) is 0 Å². The van der Waals surface area contributed by atoms with Crippen LogP contribution in [0.4, 0.5) is 4.79 Å². The zero-order valence-electron chi connectivity index (χ0n) is 11.0. The molecule has 1 fully saturated rings. The van der Waals surface area contributed by atoms with Crippen molar-refractivity contribution in [1.29, 1.82) is 0 Å². The Morgan fingerprint density at radius 2 is 1.53 bits per heavy atom. The van der Waals surface area contributed by atoms with Gasteiger partial charge in [0.05, 0.1) is 5.92 Å². The Bertz CT molecular complexity index is 234. The van der Waals surface area contributed by atoms with Crippen LogP contribution in [0, 0.1) is 5.92 Å². The predicted octanol–water partition coefficient (Wildman–Crippen LogP) is -7.89. The summed E-state index contributed by atoms with van der Waals surface area (Å²) in [6.45, 7) is 7.20. The monoisotopic (exact) mass is 295 g/mol. The number of hydrogen-bond acceptors (Lipinski definition) is 6. The van der Waals surface area contributed by atoms with E-state index in [0.29, 0.717) is 0 Å². The molecule has 1 saturated heterocycles. The molecule has 1 rings (SSSR count). The molecule has 0 radical (unpaired) electrons. The second kappa shape index (κ2) is 11.8. The van der Waals surface area contributed by atoms with Crippen molar-refractivity contribution in [3.05, 3.63) is 0 Å². The molecule has 0 unspecified atom stereocenters. The summed E-state index contributed by atoms with van der Waals surface area (Å²) in [4.78, 5) is 19.5. The van der Waals surface area contributed by atoms with E-state index in [9.17, 15) is 4.79 Å². The Labute approximate surface area is 186 Å². The van der Waals surface area contributed by atoms with Crippen LogP contribution in [-0.2, 0) is 9.53 Å². The predicted molar refractivity (Wildman–Crippen MR) is 47.6 cm³/mol. The summed E-state index contributed by atoms with van der Waals surface area (Å²) in [7, 11) is 0. The van der Waals surface area contributed by atoms with Crippen LogP contribution >= 0.6 is 0 Å². The van der Waals surface area contributed by atoms with Crippen LogP contribution in [0.25, 0.3) is 0 Å². The van der Waals surface area contributed by atoms with E-state index >= 15 is 0 Å². The first-order valence-electron chi connectivity index (χ1n) is 4.54. The molecule has 0 bridgehead atoms. The summed E-state index contributed by atoms with van der Waals surface area (Å²) < 4.78 is 5.16. The maximum atomic E-state index is 11.2. The fourth-order valence-electron chi connectivity index (χ4n) is 0.840. The first-order valence-corrected chi connectivity index (χ1v) is 4.54. The van der Waals surface area contributed by atoms with E-state index in [-0.39, 0.29) is 120 Å². The third-order valence-corrected chi connectivity index (χ3v) is 1.52. The van der Waals surface area contributed by atoms with E-state index in [4.69, 9.17) is 19.7 Å². The third kappa shape index (κ3) is 15.9. The molecule has 0 aliphatic carbocycles. The van der Waals surface area contributed by atoms with E-state index in [1.165, 1.54) is 0 Å².